The van der Waals surface area contributed by atoms with Crippen LogP contribution in [0.5, 0.6) is 11.5 Å². The molecule has 1 aromatic rings. The summed E-state index contributed by atoms with van der Waals surface area (Å²) in [6, 6.07) is 4.19. The third kappa shape index (κ3) is 12.1. The lowest BCUT2D eigenvalue weighted by Gasteiger charge is -2.49. The lowest BCUT2D eigenvalue weighted by Crippen LogP contribution is -2.61. The van der Waals surface area contributed by atoms with Gasteiger partial charge in [0, 0.05) is 45.2 Å². The average Bonchev–Trinajstić information content (AvgIpc) is 3.74. The number of hydrogen-bond donors (Lipinski definition) is 5. The smallest absolute Gasteiger partial charge is 0.311 e. The van der Waals surface area contributed by atoms with E-state index in [1.807, 2.05) is 50.1 Å². The minimum absolute atomic E-state index is 0.0777. The number of ether oxygens (including phenoxy) is 8. The van der Waals surface area contributed by atoms with Gasteiger partial charge in [0.2, 0.25) is 12.7 Å². The van der Waals surface area contributed by atoms with E-state index in [4.69, 9.17) is 37.9 Å². The second-order valence-electron chi connectivity index (χ2n) is 20.0. The van der Waals surface area contributed by atoms with E-state index in [9.17, 15) is 35.1 Å². The van der Waals surface area contributed by atoms with Crippen molar-refractivity contribution in [1.82, 2.24) is 9.80 Å². The SMILES string of the molecule is CC[C@@H]1OC(=O)[C@@H](C)[C@H](O[C@H]2C[C@@](C)(OC)[C@@H](O)[C@H](C)O2)C(C)[C@H](O[C@H]2O[C@@H](C)C[C@@H](N(C)C(=O)/C=C/C=C/c3ccc4c(c3)OCO4)[C@@H]2O)C(C)(O)C[C@H](C)CN(C)[C@@H](C)[C@H](O)[C@@]1(C)O. The number of cyclic esters (lactones) is 1. The van der Waals surface area contributed by atoms with Gasteiger partial charge in [-0.15, -0.1) is 0 Å². The highest BCUT2D eigenvalue weighted by molar-refractivity contribution is 5.88. The lowest BCUT2D eigenvalue weighted by atomic mass is 9.77. The number of allylic oxidation sites excluding steroid dienone is 2. The van der Waals surface area contributed by atoms with Crippen LogP contribution in [0.3, 0.4) is 0 Å². The van der Waals surface area contributed by atoms with Gasteiger partial charge in [0.25, 0.3) is 0 Å². The van der Waals surface area contributed by atoms with E-state index in [0.29, 0.717) is 18.0 Å². The number of aliphatic hydroxyl groups is 5. The minimum Gasteiger partial charge on any atom is -0.459 e. The number of carbonyl (C=O) groups excluding carboxylic acids is 2. The maximum atomic E-state index is 14.4. The van der Waals surface area contributed by atoms with Crippen molar-refractivity contribution in [2.75, 3.05) is 34.5 Å². The molecule has 0 bridgehead atoms. The van der Waals surface area contributed by atoms with Crippen molar-refractivity contribution in [3.8, 4) is 11.5 Å². The summed E-state index contributed by atoms with van der Waals surface area (Å²) in [7, 11) is 4.90. The largest absolute Gasteiger partial charge is 0.459 e. The van der Waals surface area contributed by atoms with Crippen LogP contribution in [-0.4, -0.2) is 172 Å². The molecule has 374 valence electrons. The van der Waals surface area contributed by atoms with Crippen LogP contribution in [0.2, 0.25) is 0 Å². The molecule has 0 radical (unpaired) electrons. The van der Waals surface area contributed by atoms with Gasteiger partial charge in [-0.05, 0) is 98.4 Å². The zero-order valence-corrected chi connectivity index (χ0v) is 41.2. The highest BCUT2D eigenvalue weighted by Gasteiger charge is 2.53. The van der Waals surface area contributed by atoms with E-state index in [1.165, 1.54) is 25.0 Å². The Morgan fingerprint density at radius 3 is 2.30 bits per heavy atom. The number of nitrogens with zero attached hydrogens (tertiary/aromatic N) is 2. The Morgan fingerprint density at radius 2 is 1.64 bits per heavy atom. The van der Waals surface area contributed by atoms with Crippen molar-refractivity contribution < 1.29 is 73.0 Å². The second-order valence-corrected chi connectivity index (χ2v) is 20.0. The fourth-order valence-electron chi connectivity index (χ4n) is 10.2. The first-order chi connectivity index (χ1) is 30.8. The summed E-state index contributed by atoms with van der Waals surface area (Å²) in [5, 5.41) is 59.3. The molecule has 17 nitrogen and oxygen atoms in total. The van der Waals surface area contributed by atoms with E-state index in [1.54, 1.807) is 67.7 Å². The molecule has 2 unspecified atom stereocenters. The number of aliphatic hydroxyl groups excluding tert-OH is 3. The number of rotatable bonds is 10. The van der Waals surface area contributed by atoms with Gasteiger partial charge < -0.3 is 73.2 Å². The van der Waals surface area contributed by atoms with Gasteiger partial charge in [-0.1, -0.05) is 45.1 Å². The fourth-order valence-corrected chi connectivity index (χ4v) is 10.2. The van der Waals surface area contributed by atoms with Crippen LogP contribution in [0.1, 0.15) is 100 Å². The molecule has 66 heavy (non-hydrogen) atoms. The Labute approximate surface area is 390 Å². The summed E-state index contributed by atoms with van der Waals surface area (Å²) in [6.07, 6.45) is -3.44. The van der Waals surface area contributed by atoms with E-state index in [-0.39, 0.29) is 44.3 Å². The molecular weight excluding hydrogens is 857 g/mol. The van der Waals surface area contributed by atoms with Gasteiger partial charge in [0.1, 0.15) is 30.0 Å². The van der Waals surface area contributed by atoms with Crippen LogP contribution in [-0.2, 0) is 38.0 Å². The molecule has 1 amide bonds. The first kappa shape index (κ1) is 53.8. The van der Waals surface area contributed by atoms with Gasteiger partial charge in [0.15, 0.2) is 24.1 Å². The number of benzene rings is 1. The minimum atomic E-state index is -1.85. The Kier molecular flexibility index (Phi) is 18.0. The number of amides is 1. The molecule has 0 aromatic heterocycles. The highest BCUT2D eigenvalue weighted by Crippen LogP contribution is 2.40. The summed E-state index contributed by atoms with van der Waals surface area (Å²) in [5.41, 5.74) is -3.76. The molecule has 4 aliphatic heterocycles. The summed E-state index contributed by atoms with van der Waals surface area (Å²) in [5.74, 6) is -1.98. The standard InChI is InChI=1S/C49H78N2O15/c1-14-37-49(10,58)42(54)31(6)50(11)25-27(2)23-47(8,57)44(29(4)41(30(5)45(56)64-37)65-39-24-48(9,59-13)43(55)32(7)63-39)66-46-40(53)34(21-28(3)62-46)51(12)38(52)18-16-15-17-33-19-20-35-36(22-33)61-26-60-35/h15-20,22,27-32,34,37,39-44,46,53-55,57-58H,14,21,23-26H2,1-13H3/b17-15+,18-16+/t27-,28-,29?,30-,31-,32-,34+,37-,39-,40-,41+,42-,43-,44-,46+,47?,48+,49-/m0/s1. The van der Waals surface area contributed by atoms with Crippen LogP contribution < -0.4 is 9.47 Å². The van der Waals surface area contributed by atoms with Gasteiger partial charge in [-0.25, -0.2) is 0 Å². The molecule has 5 rings (SSSR count). The van der Waals surface area contributed by atoms with Crippen LogP contribution in [0.4, 0.5) is 0 Å². The molecule has 5 N–H and O–H groups in total. The first-order valence-electron chi connectivity index (χ1n) is 23.4. The molecular formula is C49H78N2O15. The Morgan fingerprint density at radius 1 is 0.955 bits per heavy atom. The summed E-state index contributed by atoms with van der Waals surface area (Å²) in [4.78, 5) is 31.4. The van der Waals surface area contributed by atoms with Crippen LogP contribution >= 0.6 is 0 Å². The monoisotopic (exact) mass is 935 g/mol. The number of fused-ring (bicyclic) bond motifs is 1. The fraction of sp³-hybridized carbons (Fsp3) is 0.755. The number of methoxy groups -OCH3 is 1. The Bertz CT molecular complexity index is 1840. The van der Waals surface area contributed by atoms with Gasteiger partial charge >= 0.3 is 5.97 Å². The molecule has 4 aliphatic rings. The third-order valence-electron chi connectivity index (χ3n) is 14.4. The van der Waals surface area contributed by atoms with E-state index in [0.717, 1.165) is 5.56 Å². The van der Waals surface area contributed by atoms with Gasteiger partial charge in [0.05, 0.1) is 47.6 Å². The zero-order valence-electron chi connectivity index (χ0n) is 41.2. The van der Waals surface area contributed by atoms with E-state index >= 15 is 0 Å². The van der Waals surface area contributed by atoms with Crippen LogP contribution in [0.15, 0.2) is 36.4 Å². The molecule has 3 fully saturated rings. The maximum absolute atomic E-state index is 14.4. The molecule has 0 spiro atoms. The van der Waals surface area contributed by atoms with Crippen LogP contribution in [0, 0.1) is 17.8 Å². The van der Waals surface area contributed by atoms with Crippen molar-refractivity contribution in [2.45, 2.75) is 185 Å². The quantitative estimate of drug-likeness (QED) is 0.128. The number of carbonyl (C=O) groups is 2. The maximum Gasteiger partial charge on any atom is 0.311 e. The van der Waals surface area contributed by atoms with Gasteiger partial charge in [-0.2, -0.15) is 0 Å². The van der Waals surface area contributed by atoms with E-state index in [2.05, 4.69) is 0 Å². The molecule has 4 heterocycles. The molecule has 17 heteroatoms. The Hall–Kier alpha value is -3.20. The van der Waals surface area contributed by atoms with Crippen molar-refractivity contribution in [1.29, 1.82) is 0 Å². The molecule has 18 atom stereocenters. The predicted molar refractivity (Wildman–Crippen MR) is 244 cm³/mol. The third-order valence-corrected chi connectivity index (χ3v) is 14.4. The average molecular weight is 935 g/mol. The van der Waals surface area contributed by atoms with Crippen LogP contribution in [0.25, 0.3) is 6.08 Å². The van der Waals surface area contributed by atoms with Crippen molar-refractivity contribution in [3.05, 3.63) is 42.0 Å². The normalized spacial score (nSPS) is 42.2. The Balaban J connectivity index is 1.48. The number of hydrogen-bond acceptors (Lipinski definition) is 16. The topological polar surface area (TPSA) is 216 Å². The van der Waals surface area contributed by atoms with E-state index < -0.39 is 108 Å². The summed E-state index contributed by atoms with van der Waals surface area (Å²) < 4.78 is 48.8. The predicted octanol–water partition coefficient (Wildman–Crippen LogP) is 3.80. The summed E-state index contributed by atoms with van der Waals surface area (Å²) in [6.45, 7) is 17.8. The highest BCUT2D eigenvalue weighted by atomic mass is 16.7. The van der Waals surface area contributed by atoms with Crippen molar-refractivity contribution in [3.63, 3.8) is 0 Å². The first-order valence-corrected chi connectivity index (χ1v) is 23.4. The molecule has 1 aromatic carbocycles. The molecule has 0 saturated carbocycles. The zero-order chi connectivity index (χ0) is 49.1. The molecule has 0 aliphatic carbocycles. The van der Waals surface area contributed by atoms with Gasteiger partial charge in [-0.3, -0.25) is 9.59 Å². The van der Waals surface area contributed by atoms with Crippen molar-refractivity contribution in [2.24, 2.45) is 17.8 Å². The lowest BCUT2D eigenvalue weighted by molar-refractivity contribution is -0.317. The second kappa shape index (κ2) is 22.0. The van der Waals surface area contributed by atoms with Crippen molar-refractivity contribution >= 4 is 18.0 Å². The number of likely N-dealkylation sites (N-methyl/N-ethyl adjacent to an activating group) is 2. The molecule has 3 saturated heterocycles. The summed E-state index contributed by atoms with van der Waals surface area (Å²) >= 11 is 0. The number of esters is 1.